The van der Waals surface area contributed by atoms with Crippen LogP contribution in [-0.4, -0.2) is 29.5 Å². The Kier molecular flexibility index (Phi) is 6.72. The van der Waals surface area contributed by atoms with E-state index in [0.29, 0.717) is 47.5 Å². The minimum Gasteiger partial charge on any atom is -0.487 e. The van der Waals surface area contributed by atoms with Crippen molar-refractivity contribution in [2.45, 2.75) is 52.1 Å². The number of amides is 1. The van der Waals surface area contributed by atoms with Gasteiger partial charge in [0.05, 0.1) is 23.5 Å². The van der Waals surface area contributed by atoms with Gasteiger partial charge in [-0.15, -0.1) is 0 Å². The highest BCUT2D eigenvalue weighted by molar-refractivity contribution is 6.32. The molecule has 3 heterocycles. The fraction of sp³-hybridized carbons (Fsp3) is 0.333. The lowest BCUT2D eigenvalue weighted by Crippen LogP contribution is -2.39. The molecule has 5 rings (SSSR count). The molecule has 2 aliphatic heterocycles. The lowest BCUT2D eigenvalue weighted by Gasteiger charge is -2.30. The van der Waals surface area contributed by atoms with Gasteiger partial charge in [-0.3, -0.25) is 0 Å². The second-order valence-corrected chi connectivity index (χ2v) is 10.3. The fourth-order valence-corrected chi connectivity index (χ4v) is 4.55. The van der Waals surface area contributed by atoms with Crippen LogP contribution in [0.3, 0.4) is 0 Å². The monoisotopic (exact) mass is 526 g/mol. The first kappa shape index (κ1) is 25.0. The Morgan fingerprint density at radius 2 is 2.14 bits per heavy atom. The smallest absolute Gasteiger partial charge is 0.410 e. The van der Waals surface area contributed by atoms with Gasteiger partial charge in [-0.2, -0.15) is 0 Å². The molecule has 0 saturated heterocycles. The molecule has 1 atom stereocenters. The first-order chi connectivity index (χ1) is 17.7. The van der Waals surface area contributed by atoms with Gasteiger partial charge in [0.2, 0.25) is 5.88 Å². The summed E-state index contributed by atoms with van der Waals surface area (Å²) in [4.78, 5) is 18.8. The van der Waals surface area contributed by atoms with Crippen molar-refractivity contribution in [2.75, 3.05) is 17.2 Å². The van der Waals surface area contributed by atoms with Gasteiger partial charge < -0.3 is 29.4 Å². The van der Waals surface area contributed by atoms with Crippen molar-refractivity contribution in [3.63, 3.8) is 0 Å². The van der Waals surface area contributed by atoms with Gasteiger partial charge in [-0.25, -0.2) is 14.2 Å². The predicted octanol–water partition coefficient (Wildman–Crippen LogP) is 6.51. The highest BCUT2D eigenvalue weighted by atomic mass is 35.5. The molecule has 194 valence electrons. The summed E-state index contributed by atoms with van der Waals surface area (Å²) in [6, 6.07) is 11.6. The normalized spacial score (nSPS) is 16.5. The second-order valence-electron chi connectivity index (χ2n) is 9.93. The summed E-state index contributed by atoms with van der Waals surface area (Å²) in [5, 5.41) is 6.88. The average molecular weight is 527 g/mol. The SMILES string of the molecule is CC(C)(C)OC(=O)N1CCc2c(oc3c2C(Nc2ccc(OCc4cccc(F)c4)c(Cl)c2)N=CN3)C1. The number of ether oxygens (including phenoxy) is 2. The van der Waals surface area contributed by atoms with Crippen LogP contribution in [0.15, 0.2) is 51.9 Å². The number of furan rings is 1. The summed E-state index contributed by atoms with van der Waals surface area (Å²) in [6.45, 7) is 6.59. The number of nitrogens with one attached hydrogen (secondary N) is 2. The third kappa shape index (κ3) is 5.67. The van der Waals surface area contributed by atoms with E-state index < -0.39 is 11.8 Å². The highest BCUT2D eigenvalue weighted by Crippen LogP contribution is 2.40. The van der Waals surface area contributed by atoms with Crippen LogP contribution in [0, 0.1) is 5.82 Å². The molecular weight excluding hydrogens is 499 g/mol. The molecule has 1 amide bonds. The zero-order valence-corrected chi connectivity index (χ0v) is 21.6. The van der Waals surface area contributed by atoms with E-state index in [2.05, 4.69) is 15.6 Å². The number of nitrogens with zero attached hydrogens (tertiary/aromatic N) is 2. The summed E-state index contributed by atoms with van der Waals surface area (Å²) in [6.07, 6.45) is 1.45. The second kappa shape index (κ2) is 9.97. The number of carbonyl (C=O) groups is 1. The Bertz CT molecular complexity index is 1350. The number of rotatable bonds is 5. The maximum Gasteiger partial charge on any atom is 0.410 e. The van der Waals surface area contributed by atoms with E-state index >= 15 is 0 Å². The van der Waals surface area contributed by atoms with Crippen molar-refractivity contribution in [3.8, 4) is 5.75 Å². The van der Waals surface area contributed by atoms with E-state index in [1.165, 1.54) is 12.1 Å². The number of halogens is 2. The topological polar surface area (TPSA) is 88.3 Å². The highest BCUT2D eigenvalue weighted by Gasteiger charge is 2.34. The van der Waals surface area contributed by atoms with E-state index in [4.69, 9.17) is 25.5 Å². The Labute approximate surface area is 219 Å². The van der Waals surface area contributed by atoms with Crippen LogP contribution < -0.4 is 15.4 Å². The molecule has 2 aromatic carbocycles. The number of hydrogen-bond donors (Lipinski definition) is 2. The number of anilines is 2. The largest absolute Gasteiger partial charge is 0.487 e. The average Bonchev–Trinajstić information content (AvgIpc) is 3.21. The fourth-order valence-electron chi connectivity index (χ4n) is 4.31. The third-order valence-corrected chi connectivity index (χ3v) is 6.26. The molecule has 8 nitrogen and oxygen atoms in total. The van der Waals surface area contributed by atoms with Crippen LogP contribution in [0.1, 0.15) is 49.4 Å². The summed E-state index contributed by atoms with van der Waals surface area (Å²) < 4.78 is 30.8. The Balaban J connectivity index is 1.28. The zero-order valence-electron chi connectivity index (χ0n) is 20.8. The van der Waals surface area contributed by atoms with Crippen molar-refractivity contribution < 1.29 is 23.1 Å². The van der Waals surface area contributed by atoms with Gasteiger partial charge in [-0.05, 0) is 63.1 Å². The van der Waals surface area contributed by atoms with E-state index in [0.717, 1.165) is 16.8 Å². The Morgan fingerprint density at radius 3 is 2.89 bits per heavy atom. The molecule has 3 aromatic rings. The molecule has 37 heavy (non-hydrogen) atoms. The van der Waals surface area contributed by atoms with Gasteiger partial charge in [0.1, 0.15) is 29.5 Å². The summed E-state index contributed by atoms with van der Waals surface area (Å²) in [5.41, 5.74) is 2.83. The minimum absolute atomic E-state index is 0.202. The molecule has 0 spiro atoms. The van der Waals surface area contributed by atoms with Crippen molar-refractivity contribution >= 4 is 35.6 Å². The standard InChI is InChI=1S/C27H28ClFN4O4/c1-27(2,3)37-26(34)33-10-9-19-22(13-33)36-25-23(19)24(30-15-31-25)32-18-7-8-21(20(28)12-18)35-14-16-5-4-6-17(29)11-16/h4-8,11-12,15,24,32H,9-10,13-14H2,1-3H3,(H,30,31). The molecule has 0 aliphatic carbocycles. The molecule has 1 unspecified atom stereocenters. The van der Waals surface area contributed by atoms with E-state index in [-0.39, 0.29) is 18.5 Å². The zero-order chi connectivity index (χ0) is 26.2. The first-order valence-corrected chi connectivity index (χ1v) is 12.4. The molecular formula is C27H28ClFN4O4. The molecule has 1 aromatic heterocycles. The van der Waals surface area contributed by atoms with Crippen LogP contribution in [0.2, 0.25) is 5.02 Å². The summed E-state index contributed by atoms with van der Waals surface area (Å²) >= 11 is 6.47. The van der Waals surface area contributed by atoms with Gasteiger partial charge >= 0.3 is 6.09 Å². The van der Waals surface area contributed by atoms with Crippen LogP contribution in [-0.2, 0) is 24.3 Å². The third-order valence-electron chi connectivity index (χ3n) is 5.96. The Morgan fingerprint density at radius 1 is 1.30 bits per heavy atom. The van der Waals surface area contributed by atoms with Crippen molar-refractivity contribution in [2.24, 2.45) is 4.99 Å². The maximum atomic E-state index is 13.4. The first-order valence-electron chi connectivity index (χ1n) is 12.0. The van der Waals surface area contributed by atoms with Crippen molar-refractivity contribution in [1.82, 2.24) is 4.90 Å². The molecule has 2 aliphatic rings. The lowest BCUT2D eigenvalue weighted by atomic mass is 10.0. The predicted molar refractivity (Wildman–Crippen MR) is 140 cm³/mol. The van der Waals surface area contributed by atoms with E-state index in [1.807, 2.05) is 26.8 Å². The van der Waals surface area contributed by atoms with Crippen molar-refractivity contribution in [3.05, 3.63) is 75.8 Å². The quantitative estimate of drug-likeness (QED) is 0.394. The molecule has 0 bridgehead atoms. The lowest BCUT2D eigenvalue weighted by molar-refractivity contribution is 0.0209. The Hall–Kier alpha value is -3.72. The summed E-state index contributed by atoms with van der Waals surface area (Å²) in [5.74, 6) is 1.50. The number of fused-ring (bicyclic) bond motifs is 3. The van der Waals surface area contributed by atoms with E-state index in [9.17, 15) is 9.18 Å². The van der Waals surface area contributed by atoms with Gasteiger partial charge in [0.25, 0.3) is 0 Å². The summed E-state index contributed by atoms with van der Waals surface area (Å²) in [7, 11) is 0. The number of benzene rings is 2. The molecule has 0 fully saturated rings. The van der Waals surface area contributed by atoms with Crippen LogP contribution in [0.4, 0.5) is 20.8 Å². The van der Waals surface area contributed by atoms with Crippen LogP contribution in [0.25, 0.3) is 0 Å². The van der Waals surface area contributed by atoms with Crippen LogP contribution >= 0.6 is 11.6 Å². The molecule has 0 radical (unpaired) electrons. The number of aliphatic imine (C=N–C) groups is 1. The molecule has 10 heteroatoms. The van der Waals surface area contributed by atoms with Gasteiger partial charge in [0, 0.05) is 17.8 Å². The number of carbonyl (C=O) groups excluding carboxylic acids is 1. The molecule has 0 saturated carbocycles. The molecule has 2 N–H and O–H groups in total. The minimum atomic E-state index is -0.564. The van der Waals surface area contributed by atoms with Gasteiger partial charge in [-0.1, -0.05) is 23.7 Å². The van der Waals surface area contributed by atoms with Crippen molar-refractivity contribution in [1.29, 1.82) is 0 Å². The number of hydrogen-bond acceptors (Lipinski definition) is 7. The van der Waals surface area contributed by atoms with E-state index in [1.54, 1.807) is 35.5 Å². The van der Waals surface area contributed by atoms with Gasteiger partial charge in [0.15, 0.2) is 6.17 Å². The maximum absolute atomic E-state index is 13.4. The van der Waals surface area contributed by atoms with Crippen LogP contribution in [0.5, 0.6) is 5.75 Å².